The molecule has 0 aromatic rings. The van der Waals surface area contributed by atoms with Gasteiger partial charge in [0.1, 0.15) is 20.2 Å². The van der Waals surface area contributed by atoms with Gasteiger partial charge in [0.2, 0.25) is 0 Å². The molecule has 0 saturated carbocycles. The molecule has 6 nitrogen and oxygen atoms in total. The Bertz CT molecular complexity index is 371. The molecule has 0 aromatic carbocycles. The number of alkyl halides is 2. The second-order valence-corrected chi connectivity index (χ2v) is 6.38. The molecule has 11 heteroatoms. The maximum absolute atomic E-state index is 12.0. The average molecular weight is 335 g/mol. The molecule has 0 aliphatic carbocycles. The fourth-order valence-corrected chi connectivity index (χ4v) is 1.79. The van der Waals surface area contributed by atoms with Crippen LogP contribution in [0.4, 0.5) is 8.78 Å². The van der Waals surface area contributed by atoms with Gasteiger partial charge >= 0.3 is 23.1 Å². The first-order valence-corrected chi connectivity index (χ1v) is 8.08. The van der Waals surface area contributed by atoms with Crippen molar-refractivity contribution in [1.29, 1.82) is 0 Å². The molecule has 0 fully saturated rings. The molecule has 0 N–H and O–H groups in total. The number of hydrogen-bond donors (Lipinski definition) is 0. The van der Waals surface area contributed by atoms with E-state index < -0.39 is 31.2 Å². The van der Waals surface area contributed by atoms with E-state index in [2.05, 4.69) is 0 Å². The molecule has 0 amide bonds. The van der Waals surface area contributed by atoms with Gasteiger partial charge in [-0.2, -0.15) is 0 Å². The summed E-state index contributed by atoms with van der Waals surface area (Å²) in [6, 6.07) is 0. The van der Waals surface area contributed by atoms with Gasteiger partial charge in [-0.05, 0) is 12.8 Å². The smallest absolute Gasteiger partial charge is 0.746 e. The van der Waals surface area contributed by atoms with Crippen LogP contribution in [0.5, 0.6) is 0 Å². The molecule has 0 radical (unpaired) electrons. The summed E-state index contributed by atoms with van der Waals surface area (Å²) in [5, 5.41) is 0. The minimum atomic E-state index is -4.68. The summed E-state index contributed by atoms with van der Waals surface area (Å²) < 4.78 is 82.8. The third-order valence-electron chi connectivity index (χ3n) is 1.66. The normalized spacial score (nSPS) is 14.6. The Hall–Kier alpha value is 0.446. The van der Waals surface area contributed by atoms with E-state index in [9.17, 15) is 34.7 Å². The zero-order chi connectivity index (χ0) is 15.0. The summed E-state index contributed by atoms with van der Waals surface area (Å²) in [4.78, 5) is 0. The van der Waals surface area contributed by atoms with Gasteiger partial charge in [-0.25, -0.2) is 25.6 Å². The van der Waals surface area contributed by atoms with Crippen molar-refractivity contribution in [3.8, 4) is 0 Å². The molecular weight excluding hydrogens is 319 g/mol. The van der Waals surface area contributed by atoms with Crippen LogP contribution < -0.4 is 0 Å². The molecule has 112 valence electrons. The quantitative estimate of drug-likeness (QED) is 0.526. The Kier molecular flexibility index (Phi) is 14.3. The van der Waals surface area contributed by atoms with E-state index in [-0.39, 0.29) is 35.9 Å². The van der Waals surface area contributed by atoms with Crippen molar-refractivity contribution in [2.75, 3.05) is 0 Å². The van der Waals surface area contributed by atoms with E-state index in [1.54, 1.807) is 13.8 Å². The zero-order valence-corrected chi connectivity index (χ0v) is 13.8. The minimum Gasteiger partial charge on any atom is -0.746 e. The van der Waals surface area contributed by atoms with E-state index in [1.165, 1.54) is 0 Å². The van der Waals surface area contributed by atoms with Gasteiger partial charge in [-0.15, -0.1) is 0 Å². The molecular formula is C8H16F2MgO6S2. The monoisotopic (exact) mass is 334 g/mol. The van der Waals surface area contributed by atoms with Crippen LogP contribution in [0.15, 0.2) is 0 Å². The molecule has 0 heterocycles. The van der Waals surface area contributed by atoms with Crippen molar-refractivity contribution >= 4 is 43.3 Å². The van der Waals surface area contributed by atoms with Gasteiger partial charge in [0.15, 0.2) is 11.0 Å². The van der Waals surface area contributed by atoms with Crippen molar-refractivity contribution in [2.24, 2.45) is 0 Å². The Balaban J connectivity index is -0.000000256. The van der Waals surface area contributed by atoms with Crippen LogP contribution in [0.25, 0.3) is 0 Å². The molecule has 19 heavy (non-hydrogen) atoms. The Morgan fingerprint density at radius 1 is 0.842 bits per heavy atom. The first kappa shape index (κ1) is 24.5. The SMILES string of the molecule is CCCC(F)S(=O)(=O)[O-].CCCC(F)S(=O)(=O)[O-].[Mg+2]. The first-order chi connectivity index (χ1) is 7.96. The van der Waals surface area contributed by atoms with Crippen molar-refractivity contribution in [2.45, 2.75) is 50.5 Å². The number of rotatable bonds is 6. The maximum atomic E-state index is 12.0. The molecule has 0 aromatic heterocycles. The third-order valence-corrected chi connectivity index (χ3v) is 3.38. The maximum Gasteiger partial charge on any atom is 2.00 e. The summed E-state index contributed by atoms with van der Waals surface area (Å²) >= 11 is 0. The molecule has 0 spiro atoms. The topological polar surface area (TPSA) is 114 Å². The minimum absolute atomic E-state index is 0. The van der Waals surface area contributed by atoms with Crippen LogP contribution >= 0.6 is 0 Å². The fourth-order valence-electron chi connectivity index (χ4n) is 0.743. The molecule has 0 bridgehead atoms. The molecule has 0 rings (SSSR count). The largest absolute Gasteiger partial charge is 2.00 e. The van der Waals surface area contributed by atoms with Gasteiger partial charge in [-0.1, -0.05) is 26.7 Å². The fraction of sp³-hybridized carbons (Fsp3) is 1.00. The third kappa shape index (κ3) is 14.7. The van der Waals surface area contributed by atoms with Crippen LogP contribution in [0.1, 0.15) is 39.5 Å². The van der Waals surface area contributed by atoms with Crippen molar-refractivity contribution in [3.63, 3.8) is 0 Å². The van der Waals surface area contributed by atoms with Gasteiger partial charge in [0, 0.05) is 0 Å². The molecule has 2 unspecified atom stereocenters. The Labute approximate surface area is 128 Å². The van der Waals surface area contributed by atoms with E-state index in [4.69, 9.17) is 0 Å². The number of hydrogen-bond acceptors (Lipinski definition) is 6. The summed E-state index contributed by atoms with van der Waals surface area (Å²) in [5.74, 6) is 0. The molecule has 0 saturated heterocycles. The van der Waals surface area contributed by atoms with Crippen LogP contribution in [0.2, 0.25) is 0 Å². The predicted molar refractivity (Wildman–Crippen MR) is 64.8 cm³/mol. The summed E-state index contributed by atoms with van der Waals surface area (Å²) in [6.07, 6.45) is 0.322. The number of halogens is 2. The Morgan fingerprint density at radius 2 is 1.05 bits per heavy atom. The van der Waals surface area contributed by atoms with Crippen molar-refractivity contribution in [3.05, 3.63) is 0 Å². The van der Waals surface area contributed by atoms with Crippen molar-refractivity contribution < 1.29 is 34.7 Å². The molecule has 2 atom stereocenters. The molecule has 0 aliphatic heterocycles. The Morgan fingerprint density at radius 3 is 1.11 bits per heavy atom. The summed E-state index contributed by atoms with van der Waals surface area (Å²) in [7, 11) is -9.36. The van der Waals surface area contributed by atoms with Crippen LogP contribution in [0.3, 0.4) is 0 Å². The molecule has 0 aliphatic rings. The van der Waals surface area contributed by atoms with Gasteiger partial charge in [0.25, 0.3) is 0 Å². The van der Waals surface area contributed by atoms with Crippen LogP contribution in [-0.4, -0.2) is 60.0 Å². The van der Waals surface area contributed by atoms with E-state index in [0.29, 0.717) is 12.8 Å². The average Bonchev–Trinajstić information content (AvgIpc) is 2.16. The second-order valence-electron chi connectivity index (χ2n) is 3.38. The van der Waals surface area contributed by atoms with Crippen molar-refractivity contribution in [1.82, 2.24) is 0 Å². The standard InChI is InChI=1S/2C4H9FO3S.Mg/c2*1-2-3-4(5)9(6,7)8;/h2*4H,2-3H2,1H3,(H,6,7,8);/q;;+2/p-2. The van der Waals surface area contributed by atoms with E-state index >= 15 is 0 Å². The van der Waals surface area contributed by atoms with Gasteiger partial charge in [0.05, 0.1) is 0 Å². The summed E-state index contributed by atoms with van der Waals surface area (Å²) in [5.41, 5.74) is -4.44. The predicted octanol–water partition coefficient (Wildman–Crippen LogP) is 0.874. The first-order valence-electron chi connectivity index (χ1n) is 5.14. The van der Waals surface area contributed by atoms with Gasteiger partial charge < -0.3 is 9.11 Å². The van der Waals surface area contributed by atoms with Crippen LogP contribution in [-0.2, 0) is 20.2 Å². The van der Waals surface area contributed by atoms with Gasteiger partial charge in [-0.3, -0.25) is 0 Å². The zero-order valence-electron chi connectivity index (χ0n) is 10.7. The van der Waals surface area contributed by atoms with E-state index in [1.807, 2.05) is 0 Å². The summed E-state index contributed by atoms with van der Waals surface area (Å²) in [6.45, 7) is 3.22. The van der Waals surface area contributed by atoms with Crippen LogP contribution in [0, 0.1) is 0 Å². The van der Waals surface area contributed by atoms with E-state index in [0.717, 1.165) is 0 Å². The second kappa shape index (κ2) is 11.1.